The molecule has 0 saturated heterocycles. The highest BCUT2D eigenvalue weighted by atomic mass is 16.5. The molecule has 16 heavy (non-hydrogen) atoms. The van der Waals surface area contributed by atoms with E-state index in [1.165, 1.54) is 0 Å². The second-order valence-electron chi connectivity index (χ2n) is 4.00. The Morgan fingerprint density at radius 3 is 1.94 bits per heavy atom. The Morgan fingerprint density at radius 1 is 1.19 bits per heavy atom. The van der Waals surface area contributed by atoms with E-state index in [0.717, 1.165) is 13.1 Å². The minimum atomic E-state index is -0.778. The number of hydrogen-bond donors (Lipinski definition) is 1. The van der Waals surface area contributed by atoms with Crippen LogP contribution in [0.3, 0.4) is 0 Å². The first-order chi connectivity index (χ1) is 7.49. The number of carboxylic acid groups (broad SMARTS) is 1. The van der Waals surface area contributed by atoms with Crippen molar-refractivity contribution in [2.24, 2.45) is 0 Å². The standard InChI is InChI=1S/C11H23NO4/c1-9(15-3)7-12(6-5-11(13)14)8-10(2)16-4/h9-10H,5-8H2,1-4H3,(H,13,14). The topological polar surface area (TPSA) is 59.0 Å². The van der Waals surface area contributed by atoms with E-state index in [-0.39, 0.29) is 18.6 Å². The SMILES string of the molecule is COC(C)CN(CCC(=O)O)CC(C)OC. The molecule has 1 N–H and O–H groups in total. The van der Waals surface area contributed by atoms with Gasteiger partial charge in [0.25, 0.3) is 0 Å². The third-order valence-electron chi connectivity index (χ3n) is 2.48. The van der Waals surface area contributed by atoms with E-state index in [1.807, 2.05) is 13.8 Å². The molecule has 0 saturated carbocycles. The van der Waals surface area contributed by atoms with Crippen molar-refractivity contribution in [3.05, 3.63) is 0 Å². The molecule has 96 valence electrons. The van der Waals surface area contributed by atoms with Crippen LogP contribution in [0.15, 0.2) is 0 Å². The van der Waals surface area contributed by atoms with E-state index >= 15 is 0 Å². The van der Waals surface area contributed by atoms with Gasteiger partial charge in [-0.1, -0.05) is 0 Å². The van der Waals surface area contributed by atoms with Crippen LogP contribution in [0.2, 0.25) is 0 Å². The summed E-state index contributed by atoms with van der Waals surface area (Å²) in [5.74, 6) is -0.778. The first kappa shape index (κ1) is 15.3. The number of rotatable bonds is 9. The Morgan fingerprint density at radius 2 is 1.62 bits per heavy atom. The summed E-state index contributed by atoms with van der Waals surface area (Å²) in [5, 5.41) is 8.66. The molecule has 0 rings (SSSR count). The van der Waals surface area contributed by atoms with Crippen molar-refractivity contribution in [2.75, 3.05) is 33.9 Å². The molecule has 5 heteroatoms. The number of carboxylic acids is 1. The van der Waals surface area contributed by atoms with Crippen LogP contribution in [0.25, 0.3) is 0 Å². The lowest BCUT2D eigenvalue weighted by Crippen LogP contribution is -2.38. The highest BCUT2D eigenvalue weighted by molar-refractivity contribution is 5.66. The summed E-state index contributed by atoms with van der Waals surface area (Å²) in [5.41, 5.74) is 0. The third kappa shape index (κ3) is 7.62. The Labute approximate surface area is 97.3 Å². The zero-order valence-corrected chi connectivity index (χ0v) is 10.6. The van der Waals surface area contributed by atoms with Crippen LogP contribution in [0.4, 0.5) is 0 Å². The predicted octanol–water partition coefficient (Wildman–Crippen LogP) is 0.833. The van der Waals surface area contributed by atoms with Crippen LogP contribution in [-0.2, 0) is 14.3 Å². The van der Waals surface area contributed by atoms with Gasteiger partial charge in [0.2, 0.25) is 0 Å². The molecule has 0 amide bonds. The second kappa shape index (κ2) is 8.50. The molecule has 0 bridgehead atoms. The molecule has 0 radical (unpaired) electrons. The van der Waals surface area contributed by atoms with Crippen molar-refractivity contribution in [2.45, 2.75) is 32.5 Å². The first-order valence-electron chi connectivity index (χ1n) is 5.49. The van der Waals surface area contributed by atoms with Gasteiger partial charge in [-0.25, -0.2) is 0 Å². The molecular formula is C11H23NO4. The summed E-state index contributed by atoms with van der Waals surface area (Å²) in [6, 6.07) is 0. The molecule has 0 aliphatic heterocycles. The van der Waals surface area contributed by atoms with Gasteiger partial charge in [-0.3, -0.25) is 9.69 Å². The number of aliphatic carboxylic acids is 1. The number of methoxy groups -OCH3 is 2. The van der Waals surface area contributed by atoms with Gasteiger partial charge in [-0.15, -0.1) is 0 Å². The molecule has 0 aromatic heterocycles. The molecule has 0 aromatic carbocycles. The van der Waals surface area contributed by atoms with Crippen LogP contribution >= 0.6 is 0 Å². The summed E-state index contributed by atoms with van der Waals surface area (Å²) in [4.78, 5) is 12.6. The van der Waals surface area contributed by atoms with Crippen LogP contribution < -0.4 is 0 Å². The maximum Gasteiger partial charge on any atom is 0.304 e. The highest BCUT2D eigenvalue weighted by Gasteiger charge is 2.14. The van der Waals surface area contributed by atoms with Gasteiger partial charge in [0, 0.05) is 33.9 Å². The van der Waals surface area contributed by atoms with Gasteiger partial charge in [0.05, 0.1) is 18.6 Å². The smallest absolute Gasteiger partial charge is 0.304 e. The molecular weight excluding hydrogens is 210 g/mol. The van der Waals surface area contributed by atoms with Crippen LogP contribution in [-0.4, -0.2) is 62.0 Å². The van der Waals surface area contributed by atoms with Gasteiger partial charge >= 0.3 is 5.97 Å². The van der Waals surface area contributed by atoms with Gasteiger partial charge in [-0.2, -0.15) is 0 Å². The summed E-state index contributed by atoms with van der Waals surface area (Å²) in [7, 11) is 3.31. The molecule has 0 aliphatic rings. The minimum Gasteiger partial charge on any atom is -0.481 e. The number of nitrogens with zero attached hydrogens (tertiary/aromatic N) is 1. The van der Waals surface area contributed by atoms with Crippen LogP contribution in [0, 0.1) is 0 Å². The van der Waals surface area contributed by atoms with E-state index in [0.29, 0.717) is 6.54 Å². The number of carbonyl (C=O) groups is 1. The van der Waals surface area contributed by atoms with Crippen molar-refractivity contribution >= 4 is 5.97 Å². The zero-order valence-electron chi connectivity index (χ0n) is 10.6. The molecule has 0 spiro atoms. The average molecular weight is 233 g/mol. The van der Waals surface area contributed by atoms with Crippen molar-refractivity contribution in [3.63, 3.8) is 0 Å². The largest absolute Gasteiger partial charge is 0.481 e. The first-order valence-corrected chi connectivity index (χ1v) is 5.49. The molecule has 0 heterocycles. The quantitative estimate of drug-likeness (QED) is 0.639. The summed E-state index contributed by atoms with van der Waals surface area (Å²) >= 11 is 0. The minimum absolute atomic E-state index is 0.0952. The predicted molar refractivity (Wildman–Crippen MR) is 61.6 cm³/mol. The van der Waals surface area contributed by atoms with Crippen LogP contribution in [0.5, 0.6) is 0 Å². The van der Waals surface area contributed by atoms with E-state index in [1.54, 1.807) is 14.2 Å². The fourth-order valence-corrected chi connectivity index (χ4v) is 1.39. The molecule has 5 nitrogen and oxygen atoms in total. The van der Waals surface area contributed by atoms with E-state index in [9.17, 15) is 4.79 Å². The zero-order chi connectivity index (χ0) is 12.6. The van der Waals surface area contributed by atoms with Gasteiger partial charge in [-0.05, 0) is 13.8 Å². The highest BCUT2D eigenvalue weighted by Crippen LogP contribution is 2.01. The summed E-state index contributed by atoms with van der Waals surface area (Å²) in [6.07, 6.45) is 0.336. The Hall–Kier alpha value is -0.650. The molecule has 2 atom stereocenters. The molecule has 0 fully saturated rings. The lowest BCUT2D eigenvalue weighted by molar-refractivity contribution is -0.137. The third-order valence-corrected chi connectivity index (χ3v) is 2.48. The van der Waals surface area contributed by atoms with Crippen molar-refractivity contribution < 1.29 is 19.4 Å². The van der Waals surface area contributed by atoms with E-state index < -0.39 is 5.97 Å². The monoisotopic (exact) mass is 233 g/mol. The molecule has 0 aromatic rings. The van der Waals surface area contributed by atoms with Gasteiger partial charge < -0.3 is 14.6 Å². The van der Waals surface area contributed by atoms with Gasteiger partial charge in [0.1, 0.15) is 0 Å². The Balaban J connectivity index is 4.09. The Kier molecular flexibility index (Phi) is 8.15. The maximum absolute atomic E-state index is 10.5. The van der Waals surface area contributed by atoms with E-state index in [2.05, 4.69) is 4.90 Å². The molecule has 2 unspecified atom stereocenters. The van der Waals surface area contributed by atoms with E-state index in [4.69, 9.17) is 14.6 Å². The van der Waals surface area contributed by atoms with Crippen LogP contribution in [0.1, 0.15) is 20.3 Å². The Bertz CT molecular complexity index is 186. The second-order valence-corrected chi connectivity index (χ2v) is 4.00. The normalized spacial score (nSPS) is 15.1. The lowest BCUT2D eigenvalue weighted by atomic mass is 10.2. The number of hydrogen-bond acceptors (Lipinski definition) is 4. The maximum atomic E-state index is 10.5. The fourth-order valence-electron chi connectivity index (χ4n) is 1.39. The van der Waals surface area contributed by atoms with Gasteiger partial charge in [0.15, 0.2) is 0 Å². The average Bonchev–Trinajstić information content (AvgIpc) is 2.25. The van der Waals surface area contributed by atoms with Crippen molar-refractivity contribution in [1.29, 1.82) is 0 Å². The fraction of sp³-hybridized carbons (Fsp3) is 0.909. The number of ether oxygens (including phenoxy) is 2. The lowest BCUT2D eigenvalue weighted by Gasteiger charge is -2.26. The van der Waals surface area contributed by atoms with Crippen molar-refractivity contribution in [3.8, 4) is 0 Å². The summed E-state index contributed by atoms with van der Waals surface area (Å²) in [6.45, 7) is 5.89. The molecule has 0 aliphatic carbocycles. The summed E-state index contributed by atoms with van der Waals surface area (Å²) < 4.78 is 10.3. The van der Waals surface area contributed by atoms with Crippen molar-refractivity contribution in [1.82, 2.24) is 4.90 Å².